The first-order chi connectivity index (χ1) is 8.20. The summed E-state index contributed by atoms with van der Waals surface area (Å²) in [7, 11) is 2.09. The lowest BCUT2D eigenvalue weighted by Gasteiger charge is -2.30. The van der Waals surface area contributed by atoms with Crippen LogP contribution in [0, 0.1) is 0 Å². The van der Waals surface area contributed by atoms with E-state index in [4.69, 9.17) is 15.6 Å². The lowest BCUT2D eigenvalue weighted by molar-refractivity contribution is -0.0279. The summed E-state index contributed by atoms with van der Waals surface area (Å²) in [6, 6.07) is -0.376. The van der Waals surface area contributed by atoms with Gasteiger partial charge in [-0.15, -0.1) is 0 Å². The summed E-state index contributed by atoms with van der Waals surface area (Å²) in [6.07, 6.45) is 3.60. The van der Waals surface area contributed by atoms with Crippen LogP contribution in [0.2, 0.25) is 0 Å². The topological polar surface area (TPSA) is 76.5 Å². The van der Waals surface area contributed by atoms with Crippen LogP contribution in [0.1, 0.15) is 11.7 Å². The molecule has 0 saturated carbocycles. The number of aromatic nitrogens is 2. The maximum absolute atomic E-state index is 9.07. The van der Waals surface area contributed by atoms with Gasteiger partial charge in [-0.2, -0.15) is 0 Å². The number of ether oxygens (including phenoxy) is 1. The Bertz CT molecular complexity index is 355. The van der Waals surface area contributed by atoms with E-state index >= 15 is 0 Å². The third kappa shape index (κ3) is 3.04. The highest BCUT2D eigenvalue weighted by Gasteiger charge is 2.20. The summed E-state index contributed by atoms with van der Waals surface area (Å²) in [4.78, 5) is 6.33. The molecule has 0 spiro atoms. The number of hydrogen-bond donors (Lipinski definition) is 2. The molecule has 96 valence electrons. The summed E-state index contributed by atoms with van der Waals surface area (Å²) in [5.74, 6) is 0. The summed E-state index contributed by atoms with van der Waals surface area (Å²) < 4.78 is 7.66. The van der Waals surface area contributed by atoms with E-state index < -0.39 is 0 Å². The Morgan fingerprint density at radius 1 is 1.71 bits per heavy atom. The third-order valence-corrected chi connectivity index (χ3v) is 3.06. The zero-order chi connectivity index (χ0) is 12.3. The van der Waals surface area contributed by atoms with Crippen LogP contribution in [0.25, 0.3) is 0 Å². The van der Waals surface area contributed by atoms with Crippen molar-refractivity contribution in [2.75, 3.05) is 33.4 Å². The minimum atomic E-state index is -0.376. The fourth-order valence-electron chi connectivity index (χ4n) is 2.08. The second-order valence-corrected chi connectivity index (χ2v) is 4.51. The molecule has 1 aliphatic rings. The third-order valence-electron chi connectivity index (χ3n) is 3.06. The van der Waals surface area contributed by atoms with Crippen molar-refractivity contribution in [1.82, 2.24) is 14.5 Å². The fourth-order valence-corrected chi connectivity index (χ4v) is 2.08. The van der Waals surface area contributed by atoms with Crippen LogP contribution >= 0.6 is 0 Å². The monoisotopic (exact) mass is 240 g/mol. The second kappa shape index (κ2) is 5.59. The van der Waals surface area contributed by atoms with Gasteiger partial charge in [-0.3, -0.25) is 0 Å². The zero-order valence-electron chi connectivity index (χ0n) is 10.1. The van der Waals surface area contributed by atoms with Gasteiger partial charge in [-0.1, -0.05) is 0 Å². The van der Waals surface area contributed by atoms with Gasteiger partial charge < -0.3 is 25.0 Å². The second-order valence-electron chi connectivity index (χ2n) is 4.51. The summed E-state index contributed by atoms with van der Waals surface area (Å²) >= 11 is 0. The quantitative estimate of drug-likeness (QED) is 0.721. The average Bonchev–Trinajstić information content (AvgIpc) is 2.76. The molecular formula is C11H20N4O2. The van der Waals surface area contributed by atoms with Gasteiger partial charge in [0.25, 0.3) is 0 Å². The number of aliphatic hydroxyl groups excluding tert-OH is 1. The van der Waals surface area contributed by atoms with E-state index in [1.165, 1.54) is 0 Å². The largest absolute Gasteiger partial charge is 0.394 e. The van der Waals surface area contributed by atoms with E-state index in [9.17, 15) is 0 Å². The van der Waals surface area contributed by atoms with E-state index in [0.717, 1.165) is 31.9 Å². The van der Waals surface area contributed by atoms with Crippen molar-refractivity contribution in [2.24, 2.45) is 5.73 Å². The smallest absolute Gasteiger partial charge is 0.0949 e. The molecule has 1 aromatic rings. The standard InChI is InChI=1S/C11H20N4O2/c1-14-2-3-17-9(5-14)6-15-8-13-4-11(15)10(12)7-16/h4,8-10,16H,2-3,5-7,12H2,1H3. The van der Waals surface area contributed by atoms with Gasteiger partial charge in [0.2, 0.25) is 0 Å². The number of imidazole rings is 1. The van der Waals surface area contributed by atoms with Crippen LogP contribution in [-0.4, -0.2) is 59.0 Å². The van der Waals surface area contributed by atoms with Crippen molar-refractivity contribution < 1.29 is 9.84 Å². The molecule has 1 saturated heterocycles. The summed E-state index contributed by atoms with van der Waals surface area (Å²) in [6.45, 7) is 3.30. The van der Waals surface area contributed by atoms with Crippen molar-refractivity contribution in [3.05, 3.63) is 18.2 Å². The number of nitrogens with zero attached hydrogens (tertiary/aromatic N) is 3. The molecule has 2 unspecified atom stereocenters. The van der Waals surface area contributed by atoms with Crippen LogP contribution in [-0.2, 0) is 11.3 Å². The Morgan fingerprint density at radius 3 is 3.24 bits per heavy atom. The number of nitrogens with two attached hydrogens (primary N) is 1. The molecule has 1 aliphatic heterocycles. The Kier molecular flexibility index (Phi) is 4.11. The van der Waals surface area contributed by atoms with E-state index in [2.05, 4.69) is 16.9 Å². The lowest BCUT2D eigenvalue weighted by Crippen LogP contribution is -2.42. The maximum Gasteiger partial charge on any atom is 0.0949 e. The average molecular weight is 240 g/mol. The highest BCUT2D eigenvalue weighted by molar-refractivity contribution is 5.04. The van der Waals surface area contributed by atoms with E-state index in [-0.39, 0.29) is 18.8 Å². The zero-order valence-corrected chi connectivity index (χ0v) is 10.1. The predicted molar refractivity (Wildman–Crippen MR) is 63.5 cm³/mol. The highest BCUT2D eigenvalue weighted by Crippen LogP contribution is 2.12. The van der Waals surface area contributed by atoms with Crippen LogP contribution in [0.3, 0.4) is 0 Å². The van der Waals surface area contributed by atoms with Crippen molar-refractivity contribution in [2.45, 2.75) is 18.7 Å². The van der Waals surface area contributed by atoms with Crippen molar-refractivity contribution in [3.63, 3.8) is 0 Å². The van der Waals surface area contributed by atoms with Crippen LogP contribution < -0.4 is 5.73 Å². The van der Waals surface area contributed by atoms with Crippen molar-refractivity contribution in [3.8, 4) is 0 Å². The molecular weight excluding hydrogens is 220 g/mol. The lowest BCUT2D eigenvalue weighted by atomic mass is 10.2. The van der Waals surface area contributed by atoms with Gasteiger partial charge in [0.05, 0.1) is 43.9 Å². The Balaban J connectivity index is 2.00. The maximum atomic E-state index is 9.07. The molecule has 1 fully saturated rings. The molecule has 0 aromatic carbocycles. The Labute approximate surface area is 101 Å². The van der Waals surface area contributed by atoms with Gasteiger partial charge in [0.1, 0.15) is 0 Å². The van der Waals surface area contributed by atoms with Crippen LogP contribution in [0.5, 0.6) is 0 Å². The summed E-state index contributed by atoms with van der Waals surface area (Å²) in [5, 5.41) is 9.07. The highest BCUT2D eigenvalue weighted by atomic mass is 16.5. The normalized spacial score (nSPS) is 23.8. The molecule has 6 nitrogen and oxygen atoms in total. The van der Waals surface area contributed by atoms with E-state index in [0.29, 0.717) is 0 Å². The number of rotatable bonds is 4. The van der Waals surface area contributed by atoms with Crippen molar-refractivity contribution in [1.29, 1.82) is 0 Å². The van der Waals surface area contributed by atoms with Gasteiger partial charge in [-0.05, 0) is 7.05 Å². The fraction of sp³-hybridized carbons (Fsp3) is 0.727. The van der Waals surface area contributed by atoms with Crippen molar-refractivity contribution >= 4 is 0 Å². The van der Waals surface area contributed by atoms with Gasteiger partial charge in [-0.25, -0.2) is 4.98 Å². The molecule has 3 N–H and O–H groups in total. The van der Waals surface area contributed by atoms with Gasteiger partial charge in [0, 0.05) is 19.3 Å². The predicted octanol–water partition coefficient (Wildman–Crippen LogP) is -0.794. The molecule has 6 heteroatoms. The summed E-state index contributed by atoms with van der Waals surface area (Å²) in [5.41, 5.74) is 6.66. The first kappa shape index (κ1) is 12.5. The van der Waals surface area contributed by atoms with E-state index in [1.54, 1.807) is 12.5 Å². The van der Waals surface area contributed by atoms with Crippen LogP contribution in [0.15, 0.2) is 12.5 Å². The number of morpholine rings is 1. The SMILES string of the molecule is CN1CCOC(Cn2cncc2C(N)CO)C1. The molecule has 2 heterocycles. The van der Waals surface area contributed by atoms with Gasteiger partial charge >= 0.3 is 0 Å². The molecule has 1 aromatic heterocycles. The molecule has 17 heavy (non-hydrogen) atoms. The number of likely N-dealkylation sites (N-methyl/N-ethyl adjacent to an activating group) is 1. The van der Waals surface area contributed by atoms with E-state index in [1.807, 2.05) is 4.57 Å². The number of aliphatic hydroxyl groups is 1. The van der Waals surface area contributed by atoms with Gasteiger partial charge in [0.15, 0.2) is 0 Å². The Morgan fingerprint density at radius 2 is 2.53 bits per heavy atom. The molecule has 2 rings (SSSR count). The molecule has 0 amide bonds. The molecule has 0 bridgehead atoms. The molecule has 0 aliphatic carbocycles. The first-order valence-electron chi connectivity index (χ1n) is 5.87. The Hall–Kier alpha value is -0.950. The van der Waals surface area contributed by atoms with Crippen LogP contribution in [0.4, 0.5) is 0 Å². The minimum absolute atomic E-state index is 0.0723. The first-order valence-corrected chi connectivity index (χ1v) is 5.87. The minimum Gasteiger partial charge on any atom is -0.394 e. The number of hydrogen-bond acceptors (Lipinski definition) is 5. The molecule has 2 atom stereocenters. The molecule has 0 radical (unpaired) electrons.